The third kappa shape index (κ3) is 3.47. The first-order valence-corrected chi connectivity index (χ1v) is 6.51. The number of nitrogens with zero attached hydrogens (tertiary/aromatic N) is 2. The van der Waals surface area contributed by atoms with E-state index in [1.54, 1.807) is 32.0 Å². The summed E-state index contributed by atoms with van der Waals surface area (Å²) >= 11 is 1.30. The predicted molar refractivity (Wildman–Crippen MR) is 71.9 cm³/mol. The number of nitrogens with one attached hydrogen (secondary N) is 1. The normalized spacial score (nSPS) is 10.7. The van der Waals surface area contributed by atoms with Gasteiger partial charge in [0.15, 0.2) is 5.16 Å². The average Bonchev–Trinajstić information content (AvgIpc) is 2.83. The minimum absolute atomic E-state index is 0.183. The van der Waals surface area contributed by atoms with Gasteiger partial charge in [-0.2, -0.15) is 5.10 Å². The van der Waals surface area contributed by atoms with Gasteiger partial charge >= 0.3 is 5.97 Å². The summed E-state index contributed by atoms with van der Waals surface area (Å²) in [5, 5.41) is 7.09. The number of carbonyl (C=O) groups is 1. The summed E-state index contributed by atoms with van der Waals surface area (Å²) in [6.07, 6.45) is 1.23. The van der Waals surface area contributed by atoms with E-state index in [1.807, 2.05) is 0 Å². The number of aromatic amines is 1. The van der Waals surface area contributed by atoms with Crippen LogP contribution in [0.5, 0.6) is 0 Å². The Morgan fingerprint density at radius 2 is 2.26 bits per heavy atom. The van der Waals surface area contributed by atoms with Gasteiger partial charge in [0.05, 0.1) is 11.7 Å². The molecule has 2 aromatic rings. The van der Waals surface area contributed by atoms with Crippen LogP contribution in [0, 0.1) is 0 Å². The Balaban J connectivity index is 2.29. The average molecular weight is 278 g/mol. The molecule has 0 bridgehead atoms. The van der Waals surface area contributed by atoms with E-state index >= 15 is 0 Å². The molecule has 6 nitrogen and oxygen atoms in total. The maximum absolute atomic E-state index is 12.0. The first-order valence-electron chi connectivity index (χ1n) is 5.70. The molecule has 0 fully saturated rings. The number of anilines is 1. The van der Waals surface area contributed by atoms with Gasteiger partial charge in [-0.3, -0.25) is 5.10 Å². The molecule has 19 heavy (non-hydrogen) atoms. The first kappa shape index (κ1) is 13.4. The van der Waals surface area contributed by atoms with Crippen molar-refractivity contribution in [2.24, 2.45) is 0 Å². The van der Waals surface area contributed by atoms with Gasteiger partial charge in [0, 0.05) is 10.6 Å². The number of nitrogen functional groups attached to an aromatic ring is 1. The molecule has 7 heteroatoms. The first-order chi connectivity index (χ1) is 9.06. The van der Waals surface area contributed by atoms with E-state index in [0.717, 1.165) is 4.90 Å². The Kier molecular flexibility index (Phi) is 4.06. The van der Waals surface area contributed by atoms with Crippen LogP contribution in [0.15, 0.2) is 34.6 Å². The molecule has 1 heterocycles. The maximum Gasteiger partial charge on any atom is 0.339 e. The van der Waals surface area contributed by atoms with Crippen molar-refractivity contribution in [1.82, 2.24) is 15.2 Å². The van der Waals surface area contributed by atoms with Gasteiger partial charge in [-0.1, -0.05) is 0 Å². The highest BCUT2D eigenvalue weighted by Gasteiger charge is 2.16. The van der Waals surface area contributed by atoms with Crippen LogP contribution in [0.1, 0.15) is 24.2 Å². The molecule has 1 aromatic carbocycles. The summed E-state index contributed by atoms with van der Waals surface area (Å²) in [5.74, 6) is -0.399. The number of H-pyrrole nitrogens is 1. The summed E-state index contributed by atoms with van der Waals surface area (Å²) in [6.45, 7) is 3.60. The molecular formula is C12H14N4O2S. The van der Waals surface area contributed by atoms with Crippen molar-refractivity contribution < 1.29 is 9.53 Å². The molecule has 0 saturated carbocycles. The van der Waals surface area contributed by atoms with E-state index in [0.29, 0.717) is 16.4 Å². The van der Waals surface area contributed by atoms with Crippen LogP contribution in [-0.4, -0.2) is 27.3 Å². The summed E-state index contributed by atoms with van der Waals surface area (Å²) in [7, 11) is 0. The maximum atomic E-state index is 12.0. The van der Waals surface area contributed by atoms with Crippen LogP contribution in [0.25, 0.3) is 0 Å². The third-order valence-corrected chi connectivity index (χ3v) is 3.13. The number of esters is 1. The molecule has 0 radical (unpaired) electrons. The molecule has 1 aromatic heterocycles. The second kappa shape index (κ2) is 5.75. The third-order valence-electron chi connectivity index (χ3n) is 2.17. The molecule has 0 aliphatic carbocycles. The van der Waals surface area contributed by atoms with Crippen LogP contribution in [0.2, 0.25) is 0 Å². The lowest BCUT2D eigenvalue weighted by atomic mass is 10.2. The summed E-state index contributed by atoms with van der Waals surface area (Å²) < 4.78 is 5.20. The Morgan fingerprint density at radius 1 is 1.47 bits per heavy atom. The number of aromatic nitrogens is 3. The Morgan fingerprint density at radius 3 is 2.89 bits per heavy atom. The van der Waals surface area contributed by atoms with E-state index < -0.39 is 5.97 Å². The predicted octanol–water partition coefficient (Wildman–Crippen LogP) is 2.10. The van der Waals surface area contributed by atoms with Gasteiger partial charge in [0.25, 0.3) is 0 Å². The van der Waals surface area contributed by atoms with Crippen molar-refractivity contribution in [2.45, 2.75) is 30.0 Å². The van der Waals surface area contributed by atoms with Gasteiger partial charge in [-0.25, -0.2) is 9.78 Å². The van der Waals surface area contributed by atoms with Crippen LogP contribution >= 0.6 is 11.8 Å². The number of hydrogen-bond donors (Lipinski definition) is 2. The zero-order valence-electron chi connectivity index (χ0n) is 10.6. The standard InChI is InChI=1S/C12H14N4O2S/c1-7(2)18-11(17)9-5-8(13)3-4-10(9)19-12-14-6-15-16-12/h3-7H,13H2,1-2H3,(H,14,15,16). The fraction of sp³-hybridized carbons (Fsp3) is 0.250. The van der Waals surface area contributed by atoms with Gasteiger partial charge in [0.2, 0.25) is 0 Å². The molecule has 3 N–H and O–H groups in total. The number of carbonyl (C=O) groups excluding carboxylic acids is 1. The fourth-order valence-electron chi connectivity index (χ4n) is 1.42. The van der Waals surface area contributed by atoms with Crippen molar-refractivity contribution in [2.75, 3.05) is 5.73 Å². The van der Waals surface area contributed by atoms with Gasteiger partial charge in [-0.15, -0.1) is 0 Å². The quantitative estimate of drug-likeness (QED) is 0.657. The minimum Gasteiger partial charge on any atom is -0.459 e. The van der Waals surface area contributed by atoms with E-state index in [1.165, 1.54) is 18.1 Å². The number of hydrogen-bond acceptors (Lipinski definition) is 6. The van der Waals surface area contributed by atoms with Gasteiger partial charge in [-0.05, 0) is 43.8 Å². The number of benzene rings is 1. The number of ether oxygens (including phenoxy) is 1. The summed E-state index contributed by atoms with van der Waals surface area (Å²) in [4.78, 5) is 16.7. The molecule has 0 spiro atoms. The fourth-order valence-corrected chi connectivity index (χ4v) is 2.22. The smallest absolute Gasteiger partial charge is 0.339 e. The lowest BCUT2D eigenvalue weighted by Gasteiger charge is -2.11. The molecule has 100 valence electrons. The largest absolute Gasteiger partial charge is 0.459 e. The van der Waals surface area contributed by atoms with Crippen LogP contribution in [-0.2, 0) is 4.74 Å². The van der Waals surface area contributed by atoms with Gasteiger partial charge < -0.3 is 10.5 Å². The molecule has 0 aliphatic heterocycles. The molecule has 0 aliphatic rings. The SMILES string of the molecule is CC(C)OC(=O)c1cc(N)ccc1Sc1ncn[nH]1. The van der Waals surface area contributed by atoms with E-state index in [-0.39, 0.29) is 6.10 Å². The Labute approximate surface area is 114 Å². The summed E-state index contributed by atoms with van der Waals surface area (Å²) in [5.41, 5.74) is 6.65. The molecule has 2 rings (SSSR count). The molecule has 0 saturated heterocycles. The zero-order chi connectivity index (χ0) is 13.8. The molecule has 0 atom stereocenters. The van der Waals surface area contributed by atoms with Crippen molar-refractivity contribution in [3.63, 3.8) is 0 Å². The lowest BCUT2D eigenvalue weighted by Crippen LogP contribution is -2.12. The highest BCUT2D eigenvalue weighted by molar-refractivity contribution is 7.99. The van der Waals surface area contributed by atoms with Gasteiger partial charge in [0.1, 0.15) is 6.33 Å². The van der Waals surface area contributed by atoms with E-state index in [2.05, 4.69) is 15.2 Å². The highest BCUT2D eigenvalue weighted by Crippen LogP contribution is 2.29. The minimum atomic E-state index is -0.399. The van der Waals surface area contributed by atoms with Crippen molar-refractivity contribution in [3.8, 4) is 0 Å². The molecular weight excluding hydrogens is 264 g/mol. The zero-order valence-corrected chi connectivity index (χ0v) is 11.4. The van der Waals surface area contributed by atoms with E-state index in [4.69, 9.17) is 10.5 Å². The van der Waals surface area contributed by atoms with Crippen LogP contribution in [0.4, 0.5) is 5.69 Å². The monoisotopic (exact) mass is 278 g/mol. The second-order valence-corrected chi connectivity index (χ2v) is 5.13. The lowest BCUT2D eigenvalue weighted by molar-refractivity contribution is 0.0374. The Bertz CT molecular complexity index is 569. The number of rotatable bonds is 4. The van der Waals surface area contributed by atoms with Crippen molar-refractivity contribution >= 4 is 23.4 Å². The van der Waals surface area contributed by atoms with Crippen LogP contribution in [0.3, 0.4) is 0 Å². The topological polar surface area (TPSA) is 93.9 Å². The number of nitrogens with two attached hydrogens (primary N) is 1. The molecule has 0 unspecified atom stereocenters. The van der Waals surface area contributed by atoms with Crippen molar-refractivity contribution in [3.05, 3.63) is 30.1 Å². The highest BCUT2D eigenvalue weighted by atomic mass is 32.2. The summed E-state index contributed by atoms with van der Waals surface area (Å²) in [6, 6.07) is 5.09. The molecule has 0 amide bonds. The van der Waals surface area contributed by atoms with Crippen molar-refractivity contribution in [1.29, 1.82) is 0 Å². The second-order valence-electron chi connectivity index (χ2n) is 4.10. The Hall–Kier alpha value is -2.02. The van der Waals surface area contributed by atoms with Crippen LogP contribution < -0.4 is 5.73 Å². The van der Waals surface area contributed by atoms with E-state index in [9.17, 15) is 4.79 Å².